The Hall–Kier alpha value is -0.610. The Morgan fingerprint density at radius 3 is 2.39 bits per heavy atom. The number of carbonyl (C=O) groups is 1. The van der Waals surface area contributed by atoms with Crippen LogP contribution in [0, 0.1) is 5.92 Å². The molecule has 1 rings (SSSR count). The fourth-order valence-corrected chi connectivity index (χ4v) is 2.56. The molecule has 4 nitrogen and oxygen atoms in total. The fraction of sp³-hybridized carbons (Fsp3) is 0.929. The first kappa shape index (κ1) is 15.4. The molecule has 1 fully saturated rings. The average molecular weight is 257 g/mol. The highest BCUT2D eigenvalue weighted by Gasteiger charge is 2.24. The minimum Gasteiger partial charge on any atom is -0.394 e. The number of aliphatic hydroxyl groups is 2. The van der Waals surface area contributed by atoms with E-state index < -0.39 is 5.54 Å². The summed E-state index contributed by atoms with van der Waals surface area (Å²) in [5.74, 6) is 0.727. The largest absolute Gasteiger partial charge is 0.394 e. The number of amides is 1. The molecule has 1 saturated carbocycles. The van der Waals surface area contributed by atoms with Crippen molar-refractivity contribution in [2.24, 2.45) is 5.92 Å². The Kier molecular flexibility index (Phi) is 6.65. The molecule has 0 saturated heterocycles. The topological polar surface area (TPSA) is 69.6 Å². The lowest BCUT2D eigenvalue weighted by Gasteiger charge is -2.26. The summed E-state index contributed by atoms with van der Waals surface area (Å²) < 4.78 is 0. The summed E-state index contributed by atoms with van der Waals surface area (Å²) in [5, 5.41) is 20.9. The molecule has 1 aliphatic rings. The van der Waals surface area contributed by atoms with Gasteiger partial charge in [0.2, 0.25) is 5.91 Å². The van der Waals surface area contributed by atoms with E-state index >= 15 is 0 Å². The van der Waals surface area contributed by atoms with Crippen LogP contribution in [-0.4, -0.2) is 34.9 Å². The number of rotatable bonds is 7. The number of aliphatic hydroxyl groups excluding tert-OH is 2. The van der Waals surface area contributed by atoms with Crippen molar-refractivity contribution in [3.05, 3.63) is 0 Å². The molecule has 0 aromatic carbocycles. The van der Waals surface area contributed by atoms with E-state index in [9.17, 15) is 4.79 Å². The van der Waals surface area contributed by atoms with Crippen LogP contribution in [0.2, 0.25) is 0 Å². The third-order valence-electron chi connectivity index (χ3n) is 3.88. The molecular weight excluding hydrogens is 230 g/mol. The molecule has 0 bridgehead atoms. The Morgan fingerprint density at radius 1 is 1.22 bits per heavy atom. The van der Waals surface area contributed by atoms with E-state index in [1.165, 1.54) is 32.1 Å². The van der Waals surface area contributed by atoms with Gasteiger partial charge in [-0.15, -0.1) is 0 Å². The first-order chi connectivity index (χ1) is 8.59. The molecule has 0 heterocycles. The van der Waals surface area contributed by atoms with Crippen molar-refractivity contribution in [2.75, 3.05) is 13.2 Å². The van der Waals surface area contributed by atoms with E-state index in [1.54, 1.807) is 6.92 Å². The van der Waals surface area contributed by atoms with Gasteiger partial charge in [-0.2, -0.15) is 0 Å². The second-order valence-corrected chi connectivity index (χ2v) is 5.82. The maximum absolute atomic E-state index is 11.7. The minimum absolute atomic E-state index is 0.0728. The number of nitrogens with one attached hydrogen (secondary N) is 1. The van der Waals surface area contributed by atoms with Crippen molar-refractivity contribution in [3.8, 4) is 0 Å². The third-order valence-corrected chi connectivity index (χ3v) is 3.88. The van der Waals surface area contributed by atoms with Gasteiger partial charge in [0.25, 0.3) is 0 Å². The SMILES string of the molecule is CC(CO)(CO)NC(=O)CCCC1CCCCC1. The van der Waals surface area contributed by atoms with Crippen molar-refractivity contribution in [1.82, 2.24) is 5.32 Å². The fourth-order valence-electron chi connectivity index (χ4n) is 2.56. The first-order valence-corrected chi connectivity index (χ1v) is 7.12. The summed E-state index contributed by atoms with van der Waals surface area (Å²) in [6.45, 7) is 1.17. The zero-order valence-corrected chi connectivity index (χ0v) is 11.5. The Labute approximate surface area is 110 Å². The van der Waals surface area contributed by atoms with Gasteiger partial charge in [-0.1, -0.05) is 32.1 Å². The Balaban J connectivity index is 2.16. The lowest BCUT2D eigenvalue weighted by atomic mass is 9.86. The maximum atomic E-state index is 11.7. The van der Waals surface area contributed by atoms with E-state index in [4.69, 9.17) is 10.2 Å². The standard InChI is InChI=1S/C14H27NO3/c1-14(10-16,11-17)15-13(18)9-5-8-12-6-3-2-4-7-12/h12,16-17H,2-11H2,1H3,(H,15,18). The van der Waals surface area contributed by atoms with Crippen LogP contribution in [0.15, 0.2) is 0 Å². The molecule has 18 heavy (non-hydrogen) atoms. The third kappa shape index (κ3) is 5.36. The van der Waals surface area contributed by atoms with Gasteiger partial charge in [0.05, 0.1) is 18.8 Å². The number of hydrogen-bond donors (Lipinski definition) is 3. The molecule has 106 valence electrons. The van der Waals surface area contributed by atoms with E-state index in [-0.39, 0.29) is 19.1 Å². The van der Waals surface area contributed by atoms with Crippen LogP contribution < -0.4 is 5.32 Å². The summed E-state index contributed by atoms with van der Waals surface area (Å²) in [4.78, 5) is 11.7. The van der Waals surface area contributed by atoms with Gasteiger partial charge < -0.3 is 15.5 Å². The first-order valence-electron chi connectivity index (χ1n) is 7.12. The van der Waals surface area contributed by atoms with Crippen LogP contribution in [0.4, 0.5) is 0 Å². The quantitative estimate of drug-likeness (QED) is 0.649. The van der Waals surface area contributed by atoms with E-state index in [2.05, 4.69) is 5.32 Å². The highest BCUT2D eigenvalue weighted by molar-refractivity contribution is 5.76. The number of carbonyl (C=O) groups excluding carboxylic acids is 1. The average Bonchev–Trinajstić information content (AvgIpc) is 2.40. The van der Waals surface area contributed by atoms with Crippen LogP contribution in [0.25, 0.3) is 0 Å². The predicted molar refractivity (Wildman–Crippen MR) is 71.1 cm³/mol. The summed E-state index contributed by atoms with van der Waals surface area (Å²) >= 11 is 0. The molecular formula is C14H27NO3. The highest BCUT2D eigenvalue weighted by Crippen LogP contribution is 2.27. The molecule has 3 N–H and O–H groups in total. The molecule has 0 spiro atoms. The van der Waals surface area contributed by atoms with Crippen LogP contribution in [-0.2, 0) is 4.79 Å². The molecule has 1 amide bonds. The van der Waals surface area contributed by atoms with Crippen LogP contribution in [0.5, 0.6) is 0 Å². The van der Waals surface area contributed by atoms with Gasteiger partial charge in [0, 0.05) is 6.42 Å². The summed E-state index contributed by atoms with van der Waals surface area (Å²) in [6, 6.07) is 0. The molecule has 1 aliphatic carbocycles. The van der Waals surface area contributed by atoms with Crippen molar-refractivity contribution < 1.29 is 15.0 Å². The van der Waals surface area contributed by atoms with Crippen molar-refractivity contribution in [3.63, 3.8) is 0 Å². The smallest absolute Gasteiger partial charge is 0.220 e. The molecule has 4 heteroatoms. The van der Waals surface area contributed by atoms with Gasteiger partial charge in [0.15, 0.2) is 0 Å². The van der Waals surface area contributed by atoms with Gasteiger partial charge in [-0.05, 0) is 25.7 Å². The Bertz CT molecular complexity index is 245. The predicted octanol–water partition coefficient (Wildman–Crippen LogP) is 1.60. The molecule has 0 aromatic heterocycles. The van der Waals surface area contributed by atoms with Gasteiger partial charge in [-0.3, -0.25) is 4.79 Å². The van der Waals surface area contributed by atoms with Crippen LogP contribution >= 0.6 is 0 Å². The van der Waals surface area contributed by atoms with E-state index in [0.29, 0.717) is 6.42 Å². The van der Waals surface area contributed by atoms with Crippen molar-refractivity contribution in [1.29, 1.82) is 0 Å². The molecule has 0 aliphatic heterocycles. The lowest BCUT2D eigenvalue weighted by molar-refractivity contribution is -0.124. The monoisotopic (exact) mass is 257 g/mol. The lowest BCUT2D eigenvalue weighted by Crippen LogP contribution is -2.51. The number of hydrogen-bond acceptors (Lipinski definition) is 3. The maximum Gasteiger partial charge on any atom is 0.220 e. The van der Waals surface area contributed by atoms with Crippen molar-refractivity contribution in [2.45, 2.75) is 63.8 Å². The molecule has 0 aromatic rings. The van der Waals surface area contributed by atoms with Crippen molar-refractivity contribution >= 4 is 5.91 Å². The molecule has 0 atom stereocenters. The second-order valence-electron chi connectivity index (χ2n) is 5.82. The zero-order valence-electron chi connectivity index (χ0n) is 11.5. The van der Waals surface area contributed by atoms with E-state index in [1.807, 2.05) is 0 Å². The van der Waals surface area contributed by atoms with Crippen LogP contribution in [0.3, 0.4) is 0 Å². The highest BCUT2D eigenvalue weighted by atomic mass is 16.3. The van der Waals surface area contributed by atoms with E-state index in [0.717, 1.165) is 18.8 Å². The summed E-state index contributed by atoms with van der Waals surface area (Å²) in [5.41, 5.74) is -0.887. The summed E-state index contributed by atoms with van der Waals surface area (Å²) in [6.07, 6.45) is 9.19. The molecule has 0 unspecified atom stereocenters. The van der Waals surface area contributed by atoms with Gasteiger partial charge in [-0.25, -0.2) is 0 Å². The summed E-state index contributed by atoms with van der Waals surface area (Å²) in [7, 11) is 0. The molecule has 0 radical (unpaired) electrons. The normalized spacial score (nSPS) is 17.7. The van der Waals surface area contributed by atoms with Crippen LogP contribution in [0.1, 0.15) is 58.3 Å². The minimum atomic E-state index is -0.887. The zero-order chi connectivity index (χ0) is 13.4. The Morgan fingerprint density at radius 2 is 1.83 bits per heavy atom. The van der Waals surface area contributed by atoms with Gasteiger partial charge >= 0.3 is 0 Å². The van der Waals surface area contributed by atoms with Gasteiger partial charge in [0.1, 0.15) is 0 Å². The second kappa shape index (κ2) is 7.74.